The number of nitrogens with zero attached hydrogens (tertiary/aromatic N) is 3. The Morgan fingerprint density at radius 2 is 1.81 bits per heavy atom. The van der Waals surface area contributed by atoms with Crippen molar-refractivity contribution in [2.75, 3.05) is 6.54 Å². The minimum absolute atomic E-state index is 0. The van der Waals surface area contributed by atoms with E-state index >= 15 is 0 Å². The predicted octanol–water partition coefficient (Wildman–Crippen LogP) is 3.67. The predicted molar refractivity (Wildman–Crippen MR) is 89.6 cm³/mol. The van der Waals surface area contributed by atoms with E-state index in [1.165, 1.54) is 19.3 Å². The summed E-state index contributed by atoms with van der Waals surface area (Å²) < 4.78 is 0. The molecule has 0 bridgehead atoms. The molecule has 21 heavy (non-hydrogen) atoms. The van der Waals surface area contributed by atoms with Crippen molar-refractivity contribution in [1.82, 2.24) is 20.3 Å². The van der Waals surface area contributed by atoms with Gasteiger partial charge in [0.2, 0.25) is 0 Å². The number of hydrogen-bond acceptors (Lipinski definition) is 3. The molecule has 0 amide bonds. The van der Waals surface area contributed by atoms with Crippen LogP contribution in [0.4, 0.5) is 0 Å². The molecule has 0 unspecified atom stereocenters. The smallest absolute Gasteiger partial charge is 0.117 e. The fourth-order valence-corrected chi connectivity index (χ4v) is 2.17. The van der Waals surface area contributed by atoms with E-state index in [2.05, 4.69) is 41.5 Å². The molecule has 0 aliphatic carbocycles. The van der Waals surface area contributed by atoms with Crippen molar-refractivity contribution in [1.29, 1.82) is 0 Å². The fourth-order valence-electron chi connectivity index (χ4n) is 2.17. The molecule has 116 valence electrons. The van der Waals surface area contributed by atoms with E-state index in [1.54, 1.807) is 4.80 Å². The van der Waals surface area contributed by atoms with Crippen LogP contribution in [-0.2, 0) is 13.1 Å². The van der Waals surface area contributed by atoms with Crippen LogP contribution >= 0.6 is 12.4 Å². The lowest BCUT2D eigenvalue weighted by atomic mass is 10.1. The van der Waals surface area contributed by atoms with Crippen LogP contribution in [0.25, 0.3) is 11.3 Å². The highest BCUT2D eigenvalue weighted by Gasteiger charge is 2.11. The van der Waals surface area contributed by atoms with Crippen molar-refractivity contribution >= 4 is 12.4 Å². The summed E-state index contributed by atoms with van der Waals surface area (Å²) in [6.07, 6.45) is 3.75. The summed E-state index contributed by atoms with van der Waals surface area (Å²) in [6.45, 7) is 6.91. The summed E-state index contributed by atoms with van der Waals surface area (Å²) in [6, 6.07) is 10.3. The Morgan fingerprint density at radius 1 is 1.05 bits per heavy atom. The number of rotatable bonds is 8. The van der Waals surface area contributed by atoms with Crippen molar-refractivity contribution < 1.29 is 0 Å². The Hall–Kier alpha value is -1.39. The normalized spacial score (nSPS) is 10.4. The lowest BCUT2D eigenvalue weighted by Crippen LogP contribution is -2.15. The average molecular weight is 309 g/mol. The molecule has 1 aromatic heterocycles. The van der Waals surface area contributed by atoms with Gasteiger partial charge < -0.3 is 5.32 Å². The summed E-state index contributed by atoms with van der Waals surface area (Å²) in [5.74, 6) is 0. The van der Waals surface area contributed by atoms with Crippen molar-refractivity contribution in [2.24, 2.45) is 0 Å². The van der Waals surface area contributed by atoms with E-state index in [0.717, 1.165) is 36.6 Å². The Kier molecular flexibility index (Phi) is 8.01. The van der Waals surface area contributed by atoms with Gasteiger partial charge in [-0.3, -0.25) is 0 Å². The summed E-state index contributed by atoms with van der Waals surface area (Å²) in [5.41, 5.74) is 3.17. The molecule has 0 radical (unpaired) electrons. The second-order valence-electron chi connectivity index (χ2n) is 4.93. The van der Waals surface area contributed by atoms with Crippen molar-refractivity contribution in [3.8, 4) is 11.3 Å². The molecule has 1 heterocycles. The van der Waals surface area contributed by atoms with Gasteiger partial charge in [0.1, 0.15) is 11.4 Å². The van der Waals surface area contributed by atoms with Gasteiger partial charge in [0.25, 0.3) is 0 Å². The number of benzene rings is 1. The minimum Gasteiger partial charge on any atom is -0.311 e. The molecule has 4 nitrogen and oxygen atoms in total. The van der Waals surface area contributed by atoms with Crippen LogP contribution in [0.5, 0.6) is 0 Å². The Bertz CT molecular complexity index is 510. The van der Waals surface area contributed by atoms with E-state index < -0.39 is 0 Å². The zero-order valence-electron chi connectivity index (χ0n) is 12.9. The summed E-state index contributed by atoms with van der Waals surface area (Å²) >= 11 is 0. The second-order valence-corrected chi connectivity index (χ2v) is 4.93. The molecule has 1 N–H and O–H groups in total. The molecule has 0 aliphatic rings. The first-order valence-corrected chi connectivity index (χ1v) is 7.55. The number of unbranched alkanes of at least 4 members (excludes halogenated alkanes) is 2. The summed E-state index contributed by atoms with van der Waals surface area (Å²) in [5, 5.41) is 12.6. The minimum atomic E-state index is 0. The van der Waals surface area contributed by atoms with Gasteiger partial charge in [-0.15, -0.1) is 12.4 Å². The van der Waals surface area contributed by atoms with Gasteiger partial charge in [0.05, 0.1) is 6.54 Å². The number of nitrogens with one attached hydrogen (secondary N) is 1. The first-order valence-electron chi connectivity index (χ1n) is 7.55. The molecule has 2 rings (SSSR count). The molecule has 0 atom stereocenters. The molecule has 0 fully saturated rings. The largest absolute Gasteiger partial charge is 0.311 e. The van der Waals surface area contributed by atoms with E-state index in [-0.39, 0.29) is 12.4 Å². The zero-order valence-corrected chi connectivity index (χ0v) is 13.7. The molecule has 0 saturated heterocycles. The Morgan fingerprint density at radius 3 is 2.48 bits per heavy atom. The third-order valence-corrected chi connectivity index (χ3v) is 3.30. The van der Waals surface area contributed by atoms with Crippen LogP contribution in [0.1, 0.15) is 38.8 Å². The number of halogens is 1. The maximum atomic E-state index is 4.58. The van der Waals surface area contributed by atoms with Gasteiger partial charge in [-0.05, 0) is 19.9 Å². The summed E-state index contributed by atoms with van der Waals surface area (Å²) in [7, 11) is 0. The van der Waals surface area contributed by atoms with Gasteiger partial charge >= 0.3 is 0 Å². The van der Waals surface area contributed by atoms with E-state index in [0.29, 0.717) is 0 Å². The van der Waals surface area contributed by atoms with Crippen LogP contribution < -0.4 is 5.32 Å². The lowest BCUT2D eigenvalue weighted by Gasteiger charge is -2.03. The van der Waals surface area contributed by atoms with E-state index in [1.807, 2.05) is 18.2 Å². The van der Waals surface area contributed by atoms with Gasteiger partial charge in [-0.1, -0.05) is 50.1 Å². The SMILES string of the molecule is CCCCCNCc1nn(CC)nc1-c1ccccc1.Cl. The molecule has 5 heteroatoms. The van der Waals surface area contributed by atoms with Crippen LogP contribution in [0.2, 0.25) is 0 Å². The highest BCUT2D eigenvalue weighted by molar-refractivity contribution is 5.85. The standard InChI is InChI=1S/C16H24N4.ClH/c1-3-5-9-12-17-13-15-16(19-20(4-2)18-15)14-10-7-6-8-11-14;/h6-8,10-11,17H,3-5,9,12-13H2,1-2H3;1H. The quantitative estimate of drug-likeness (QED) is 0.757. The maximum Gasteiger partial charge on any atom is 0.117 e. The molecule has 2 aromatic rings. The van der Waals surface area contributed by atoms with Crippen molar-refractivity contribution in [3.05, 3.63) is 36.0 Å². The van der Waals surface area contributed by atoms with Gasteiger partial charge in [-0.2, -0.15) is 15.0 Å². The van der Waals surface area contributed by atoms with Crippen LogP contribution in [0.15, 0.2) is 30.3 Å². The summed E-state index contributed by atoms with van der Waals surface area (Å²) in [4.78, 5) is 1.77. The highest BCUT2D eigenvalue weighted by atomic mass is 35.5. The Labute approximate surface area is 133 Å². The van der Waals surface area contributed by atoms with Crippen LogP contribution in [0.3, 0.4) is 0 Å². The lowest BCUT2D eigenvalue weighted by molar-refractivity contribution is 0.554. The van der Waals surface area contributed by atoms with Gasteiger partial charge in [0, 0.05) is 12.1 Å². The molecule has 0 spiro atoms. The van der Waals surface area contributed by atoms with Crippen molar-refractivity contribution in [3.63, 3.8) is 0 Å². The maximum absolute atomic E-state index is 4.58. The molecule has 0 aliphatic heterocycles. The van der Waals surface area contributed by atoms with Crippen LogP contribution in [-0.4, -0.2) is 21.5 Å². The van der Waals surface area contributed by atoms with Gasteiger partial charge in [-0.25, -0.2) is 0 Å². The van der Waals surface area contributed by atoms with Crippen molar-refractivity contribution in [2.45, 2.75) is 46.2 Å². The monoisotopic (exact) mass is 308 g/mol. The number of hydrogen-bond donors (Lipinski definition) is 1. The molecular weight excluding hydrogens is 284 g/mol. The third-order valence-electron chi connectivity index (χ3n) is 3.30. The fraction of sp³-hybridized carbons (Fsp3) is 0.500. The first-order chi connectivity index (χ1) is 9.85. The first kappa shape index (κ1) is 17.7. The van der Waals surface area contributed by atoms with E-state index in [4.69, 9.17) is 0 Å². The Balaban J connectivity index is 0.00000220. The number of aromatic nitrogens is 3. The number of aryl methyl sites for hydroxylation is 1. The molecular formula is C16H25ClN4. The van der Waals surface area contributed by atoms with Crippen LogP contribution in [0, 0.1) is 0 Å². The van der Waals surface area contributed by atoms with E-state index in [9.17, 15) is 0 Å². The average Bonchev–Trinajstić information content (AvgIpc) is 2.91. The topological polar surface area (TPSA) is 42.7 Å². The molecule has 0 saturated carbocycles. The van der Waals surface area contributed by atoms with Gasteiger partial charge in [0.15, 0.2) is 0 Å². The third kappa shape index (κ3) is 5.14. The molecule has 1 aromatic carbocycles. The second kappa shape index (κ2) is 9.53. The highest BCUT2D eigenvalue weighted by Crippen LogP contribution is 2.19. The zero-order chi connectivity index (χ0) is 14.2.